The molecule has 2 saturated heterocycles. The van der Waals surface area contributed by atoms with E-state index in [0.717, 1.165) is 43.6 Å². The monoisotopic (exact) mass is 331 g/mol. The fourth-order valence-corrected chi connectivity index (χ4v) is 3.36. The summed E-state index contributed by atoms with van der Waals surface area (Å²) in [5, 5.41) is 5.86. The first-order valence-electron chi connectivity index (χ1n) is 8.63. The molecule has 7 heteroatoms. The van der Waals surface area contributed by atoms with E-state index in [1.807, 2.05) is 28.9 Å². The standard InChI is InChI=1S/C17H25N5O2/c1-13-14(4-2-7-18-13)12-20-16(23)21-10-5-15(6-11-21)22-9-3-8-19-17(22)24/h2,4,7,15H,3,5-6,8-12H2,1H3,(H,19,24)(H,20,23). The average molecular weight is 331 g/mol. The Morgan fingerprint density at radius 1 is 1.38 bits per heavy atom. The molecule has 0 aliphatic carbocycles. The van der Waals surface area contributed by atoms with Gasteiger partial charge in [0.2, 0.25) is 0 Å². The maximum atomic E-state index is 12.3. The maximum Gasteiger partial charge on any atom is 0.317 e. The molecule has 0 atom stereocenters. The van der Waals surface area contributed by atoms with Crippen molar-refractivity contribution in [1.29, 1.82) is 0 Å². The molecule has 0 radical (unpaired) electrons. The van der Waals surface area contributed by atoms with E-state index in [1.54, 1.807) is 6.20 Å². The Morgan fingerprint density at radius 3 is 2.88 bits per heavy atom. The lowest BCUT2D eigenvalue weighted by molar-refractivity contribution is 0.118. The number of aromatic nitrogens is 1. The van der Waals surface area contributed by atoms with Crippen molar-refractivity contribution in [2.24, 2.45) is 0 Å². The molecule has 1 aromatic heterocycles. The second kappa shape index (κ2) is 7.51. The lowest BCUT2D eigenvalue weighted by Gasteiger charge is -2.40. The van der Waals surface area contributed by atoms with Gasteiger partial charge in [-0.3, -0.25) is 4.98 Å². The van der Waals surface area contributed by atoms with Crippen LogP contribution in [0.2, 0.25) is 0 Å². The topological polar surface area (TPSA) is 77.6 Å². The summed E-state index contributed by atoms with van der Waals surface area (Å²) in [6, 6.07) is 4.10. The second-order valence-corrected chi connectivity index (χ2v) is 6.40. The molecular weight excluding hydrogens is 306 g/mol. The number of hydrogen-bond donors (Lipinski definition) is 2. The summed E-state index contributed by atoms with van der Waals surface area (Å²) in [5.41, 5.74) is 1.97. The van der Waals surface area contributed by atoms with Gasteiger partial charge in [0, 0.05) is 50.7 Å². The molecule has 2 fully saturated rings. The average Bonchev–Trinajstić information content (AvgIpc) is 2.61. The van der Waals surface area contributed by atoms with Crippen LogP contribution in [0.3, 0.4) is 0 Å². The minimum Gasteiger partial charge on any atom is -0.338 e. The first-order valence-corrected chi connectivity index (χ1v) is 8.63. The van der Waals surface area contributed by atoms with Gasteiger partial charge in [0.15, 0.2) is 0 Å². The molecule has 3 heterocycles. The van der Waals surface area contributed by atoms with Gasteiger partial charge in [-0.2, -0.15) is 0 Å². The van der Waals surface area contributed by atoms with E-state index in [4.69, 9.17) is 0 Å². The zero-order valence-corrected chi connectivity index (χ0v) is 14.1. The van der Waals surface area contributed by atoms with Gasteiger partial charge >= 0.3 is 12.1 Å². The van der Waals surface area contributed by atoms with E-state index in [2.05, 4.69) is 15.6 Å². The minimum absolute atomic E-state index is 0.0382. The van der Waals surface area contributed by atoms with Crippen molar-refractivity contribution < 1.29 is 9.59 Å². The van der Waals surface area contributed by atoms with Crippen LogP contribution >= 0.6 is 0 Å². The Balaban J connectivity index is 1.46. The normalized spacial score (nSPS) is 19.1. The van der Waals surface area contributed by atoms with Crippen LogP contribution < -0.4 is 10.6 Å². The molecule has 24 heavy (non-hydrogen) atoms. The van der Waals surface area contributed by atoms with E-state index >= 15 is 0 Å². The van der Waals surface area contributed by atoms with Crippen molar-refractivity contribution >= 4 is 12.1 Å². The Bertz CT molecular complexity index is 598. The Kier molecular flexibility index (Phi) is 5.17. The molecule has 3 rings (SSSR count). The van der Waals surface area contributed by atoms with Gasteiger partial charge in [-0.1, -0.05) is 6.07 Å². The predicted octanol–water partition coefficient (Wildman–Crippen LogP) is 1.48. The predicted molar refractivity (Wildman–Crippen MR) is 90.5 cm³/mol. The molecule has 0 spiro atoms. The highest BCUT2D eigenvalue weighted by Crippen LogP contribution is 2.18. The summed E-state index contributed by atoms with van der Waals surface area (Å²) < 4.78 is 0. The number of aryl methyl sites for hydroxylation is 1. The highest BCUT2D eigenvalue weighted by atomic mass is 16.2. The number of amides is 4. The Hall–Kier alpha value is -2.31. The molecule has 2 N–H and O–H groups in total. The van der Waals surface area contributed by atoms with Crippen LogP contribution in [-0.4, -0.2) is 59.1 Å². The maximum absolute atomic E-state index is 12.3. The van der Waals surface area contributed by atoms with E-state index in [0.29, 0.717) is 19.6 Å². The number of piperidine rings is 1. The van der Waals surface area contributed by atoms with Crippen molar-refractivity contribution in [3.05, 3.63) is 29.6 Å². The van der Waals surface area contributed by atoms with Crippen molar-refractivity contribution in [1.82, 2.24) is 25.4 Å². The number of carbonyl (C=O) groups is 2. The number of urea groups is 2. The fraction of sp³-hybridized carbons (Fsp3) is 0.588. The molecule has 0 aromatic carbocycles. The fourth-order valence-electron chi connectivity index (χ4n) is 3.36. The molecule has 0 unspecified atom stereocenters. The molecule has 2 aliphatic rings. The van der Waals surface area contributed by atoms with Crippen LogP contribution in [0.5, 0.6) is 0 Å². The Labute approximate surface area is 142 Å². The van der Waals surface area contributed by atoms with Crippen molar-refractivity contribution in [2.45, 2.75) is 38.8 Å². The molecule has 0 bridgehead atoms. The third-order valence-corrected chi connectivity index (χ3v) is 4.85. The first kappa shape index (κ1) is 16.5. The zero-order valence-electron chi connectivity index (χ0n) is 14.1. The molecule has 4 amide bonds. The smallest absolute Gasteiger partial charge is 0.317 e. The van der Waals surface area contributed by atoms with Gasteiger partial charge < -0.3 is 20.4 Å². The molecule has 2 aliphatic heterocycles. The van der Waals surface area contributed by atoms with Gasteiger partial charge in [0.1, 0.15) is 0 Å². The van der Waals surface area contributed by atoms with Crippen LogP contribution in [-0.2, 0) is 6.54 Å². The van der Waals surface area contributed by atoms with Crippen LogP contribution in [0.4, 0.5) is 9.59 Å². The summed E-state index contributed by atoms with van der Waals surface area (Å²) in [7, 11) is 0. The van der Waals surface area contributed by atoms with Crippen LogP contribution in [0.15, 0.2) is 18.3 Å². The summed E-state index contributed by atoms with van der Waals surface area (Å²) in [4.78, 5) is 32.2. The highest BCUT2D eigenvalue weighted by Gasteiger charge is 2.30. The number of pyridine rings is 1. The van der Waals surface area contributed by atoms with Crippen molar-refractivity contribution in [2.75, 3.05) is 26.2 Å². The number of rotatable bonds is 3. The van der Waals surface area contributed by atoms with E-state index in [9.17, 15) is 9.59 Å². The largest absolute Gasteiger partial charge is 0.338 e. The summed E-state index contributed by atoms with van der Waals surface area (Å²) in [6.07, 6.45) is 4.43. The highest BCUT2D eigenvalue weighted by molar-refractivity contribution is 5.76. The molecule has 1 aromatic rings. The van der Waals surface area contributed by atoms with Crippen molar-refractivity contribution in [3.63, 3.8) is 0 Å². The van der Waals surface area contributed by atoms with Gasteiger partial charge in [0.05, 0.1) is 0 Å². The van der Waals surface area contributed by atoms with Gasteiger partial charge in [-0.05, 0) is 37.8 Å². The van der Waals surface area contributed by atoms with Crippen molar-refractivity contribution in [3.8, 4) is 0 Å². The van der Waals surface area contributed by atoms with Crippen LogP contribution in [0.1, 0.15) is 30.5 Å². The SMILES string of the molecule is Cc1ncccc1CNC(=O)N1CCC(N2CCCNC2=O)CC1. The van der Waals surface area contributed by atoms with Crippen LogP contribution in [0.25, 0.3) is 0 Å². The van der Waals surface area contributed by atoms with Gasteiger partial charge in [-0.15, -0.1) is 0 Å². The quantitative estimate of drug-likeness (QED) is 0.881. The molecule has 130 valence electrons. The second-order valence-electron chi connectivity index (χ2n) is 6.40. The minimum atomic E-state index is -0.0419. The lowest BCUT2D eigenvalue weighted by Crippen LogP contribution is -2.55. The number of carbonyl (C=O) groups excluding carboxylic acids is 2. The Morgan fingerprint density at radius 2 is 2.17 bits per heavy atom. The summed E-state index contributed by atoms with van der Waals surface area (Å²) in [6.45, 7) is 5.40. The number of nitrogens with one attached hydrogen (secondary N) is 2. The summed E-state index contributed by atoms with van der Waals surface area (Å²) in [5.74, 6) is 0. The number of nitrogens with zero attached hydrogens (tertiary/aromatic N) is 3. The number of hydrogen-bond acceptors (Lipinski definition) is 3. The molecule has 7 nitrogen and oxygen atoms in total. The summed E-state index contributed by atoms with van der Waals surface area (Å²) >= 11 is 0. The molecular formula is C17H25N5O2. The number of likely N-dealkylation sites (tertiary alicyclic amines) is 1. The van der Waals surface area contributed by atoms with Gasteiger partial charge in [0.25, 0.3) is 0 Å². The van der Waals surface area contributed by atoms with Crippen LogP contribution in [0, 0.1) is 6.92 Å². The third-order valence-electron chi connectivity index (χ3n) is 4.85. The van der Waals surface area contributed by atoms with E-state index < -0.39 is 0 Å². The van der Waals surface area contributed by atoms with E-state index in [1.165, 1.54) is 0 Å². The third kappa shape index (κ3) is 3.77. The van der Waals surface area contributed by atoms with Gasteiger partial charge in [-0.25, -0.2) is 9.59 Å². The van der Waals surface area contributed by atoms with E-state index in [-0.39, 0.29) is 18.1 Å². The first-order chi connectivity index (χ1) is 11.6. The lowest BCUT2D eigenvalue weighted by atomic mass is 10.0. The molecule has 0 saturated carbocycles. The zero-order chi connectivity index (χ0) is 16.9.